The van der Waals surface area contributed by atoms with Crippen LogP contribution >= 0.6 is 12.2 Å². The van der Waals surface area contributed by atoms with Crippen LogP contribution in [0.15, 0.2) is 10.6 Å². The zero-order chi connectivity index (χ0) is 13.9. The van der Waals surface area contributed by atoms with E-state index in [0.717, 1.165) is 37.9 Å². The third-order valence-corrected chi connectivity index (χ3v) is 4.10. The Bertz CT molecular complexity index is 478. The Morgan fingerprint density at radius 2 is 2.26 bits per heavy atom. The van der Waals surface area contributed by atoms with Crippen molar-refractivity contribution in [1.29, 1.82) is 0 Å². The van der Waals surface area contributed by atoms with Crippen LogP contribution < -0.4 is 11.1 Å². The van der Waals surface area contributed by atoms with Crippen LogP contribution in [0.1, 0.15) is 44.3 Å². The molecular formula is C13H19N3O2S. The number of hydrogen-bond donors (Lipinski definition) is 2. The molecule has 3 N–H and O–H groups in total. The molecule has 1 fully saturated rings. The van der Waals surface area contributed by atoms with E-state index in [0.29, 0.717) is 10.9 Å². The molecule has 0 atom stereocenters. The van der Waals surface area contributed by atoms with Crippen LogP contribution in [-0.4, -0.2) is 15.9 Å². The molecule has 0 saturated heterocycles. The summed E-state index contributed by atoms with van der Waals surface area (Å²) in [5, 5.41) is 2.84. The van der Waals surface area contributed by atoms with E-state index in [4.69, 9.17) is 22.4 Å². The second-order valence-corrected chi connectivity index (χ2v) is 5.35. The van der Waals surface area contributed by atoms with Crippen LogP contribution in [0.2, 0.25) is 0 Å². The van der Waals surface area contributed by atoms with E-state index in [1.165, 1.54) is 0 Å². The van der Waals surface area contributed by atoms with Crippen molar-refractivity contribution in [2.75, 3.05) is 0 Å². The van der Waals surface area contributed by atoms with Gasteiger partial charge >= 0.3 is 0 Å². The molecule has 1 amide bonds. The molecule has 104 valence electrons. The minimum atomic E-state index is -0.671. The highest BCUT2D eigenvalue weighted by molar-refractivity contribution is 7.80. The lowest BCUT2D eigenvalue weighted by molar-refractivity contribution is -0.127. The lowest BCUT2D eigenvalue weighted by Gasteiger charge is -2.25. The predicted molar refractivity (Wildman–Crippen MR) is 75.4 cm³/mol. The van der Waals surface area contributed by atoms with Gasteiger partial charge in [-0.15, -0.1) is 0 Å². The molecule has 5 nitrogen and oxygen atoms in total. The topological polar surface area (TPSA) is 81.2 Å². The standard InChI is InChI=1S/C13H19N3O2S/c1-2-9-7-15-10(18-9)8-16-12(17)13(11(14)19)5-3-4-6-13/h7H,2-6,8H2,1H3,(H2,14,19)(H,16,17). The van der Waals surface area contributed by atoms with Gasteiger partial charge in [0, 0.05) is 6.42 Å². The van der Waals surface area contributed by atoms with E-state index in [2.05, 4.69) is 10.3 Å². The van der Waals surface area contributed by atoms with Crippen molar-refractivity contribution in [2.45, 2.75) is 45.6 Å². The Labute approximate surface area is 117 Å². The molecular weight excluding hydrogens is 262 g/mol. The number of carbonyl (C=O) groups is 1. The third-order valence-electron chi connectivity index (χ3n) is 3.71. The molecule has 0 unspecified atom stereocenters. The summed E-state index contributed by atoms with van der Waals surface area (Å²) in [5.41, 5.74) is 5.09. The molecule has 1 heterocycles. The summed E-state index contributed by atoms with van der Waals surface area (Å²) in [6.07, 6.45) is 5.92. The smallest absolute Gasteiger partial charge is 0.233 e. The summed E-state index contributed by atoms with van der Waals surface area (Å²) < 4.78 is 5.45. The molecule has 0 bridgehead atoms. The highest BCUT2D eigenvalue weighted by Crippen LogP contribution is 2.38. The van der Waals surface area contributed by atoms with Gasteiger partial charge in [-0.05, 0) is 12.8 Å². The number of carbonyl (C=O) groups excluding carboxylic acids is 1. The second kappa shape index (κ2) is 5.69. The van der Waals surface area contributed by atoms with Gasteiger partial charge in [0.25, 0.3) is 0 Å². The quantitative estimate of drug-likeness (QED) is 0.803. The van der Waals surface area contributed by atoms with E-state index in [9.17, 15) is 4.79 Å². The number of rotatable bonds is 5. The Kier molecular flexibility index (Phi) is 4.19. The van der Waals surface area contributed by atoms with Gasteiger partial charge in [-0.25, -0.2) is 4.98 Å². The number of thiocarbonyl (C=S) groups is 1. The zero-order valence-electron chi connectivity index (χ0n) is 11.1. The number of nitrogens with zero attached hydrogens (tertiary/aromatic N) is 1. The highest BCUT2D eigenvalue weighted by Gasteiger charge is 2.43. The number of aryl methyl sites for hydroxylation is 1. The maximum Gasteiger partial charge on any atom is 0.233 e. The van der Waals surface area contributed by atoms with E-state index < -0.39 is 5.41 Å². The molecule has 1 aliphatic rings. The first-order valence-corrected chi connectivity index (χ1v) is 7.01. The number of nitrogens with one attached hydrogen (secondary N) is 1. The molecule has 0 spiro atoms. The van der Waals surface area contributed by atoms with Crippen LogP contribution in [0.4, 0.5) is 0 Å². The molecule has 1 aliphatic carbocycles. The van der Waals surface area contributed by atoms with Crippen molar-refractivity contribution >= 4 is 23.1 Å². The molecule has 1 aromatic heterocycles. The summed E-state index contributed by atoms with van der Waals surface area (Å²) in [7, 11) is 0. The largest absolute Gasteiger partial charge is 0.444 e. The lowest BCUT2D eigenvalue weighted by atomic mass is 9.85. The van der Waals surface area contributed by atoms with E-state index in [-0.39, 0.29) is 12.5 Å². The van der Waals surface area contributed by atoms with Gasteiger partial charge in [-0.3, -0.25) is 4.79 Å². The van der Waals surface area contributed by atoms with Gasteiger partial charge in [0.05, 0.1) is 23.1 Å². The van der Waals surface area contributed by atoms with Gasteiger partial charge in [0.15, 0.2) is 0 Å². The minimum Gasteiger partial charge on any atom is -0.444 e. The van der Waals surface area contributed by atoms with Gasteiger partial charge < -0.3 is 15.5 Å². The SMILES string of the molecule is CCc1cnc(CNC(=O)C2(C(N)=S)CCCC2)o1. The number of hydrogen-bond acceptors (Lipinski definition) is 4. The van der Waals surface area contributed by atoms with Crippen molar-refractivity contribution in [3.63, 3.8) is 0 Å². The first-order chi connectivity index (χ1) is 9.08. The second-order valence-electron chi connectivity index (χ2n) is 4.91. The van der Waals surface area contributed by atoms with Crippen LogP contribution in [0, 0.1) is 5.41 Å². The van der Waals surface area contributed by atoms with Gasteiger partial charge in [0.1, 0.15) is 5.76 Å². The predicted octanol–water partition coefficient (Wildman–Crippen LogP) is 1.70. The van der Waals surface area contributed by atoms with E-state index in [1.807, 2.05) is 6.92 Å². The maximum atomic E-state index is 12.3. The average Bonchev–Trinajstić information content (AvgIpc) is 3.05. The third kappa shape index (κ3) is 2.78. The Hall–Kier alpha value is -1.43. The lowest BCUT2D eigenvalue weighted by Crippen LogP contribution is -2.47. The van der Waals surface area contributed by atoms with E-state index in [1.54, 1.807) is 6.20 Å². The fourth-order valence-corrected chi connectivity index (χ4v) is 2.78. The normalized spacial score (nSPS) is 17.3. The monoisotopic (exact) mass is 281 g/mol. The van der Waals surface area contributed by atoms with Crippen molar-refractivity contribution in [2.24, 2.45) is 11.1 Å². The number of oxazole rings is 1. The molecule has 2 rings (SSSR count). The zero-order valence-corrected chi connectivity index (χ0v) is 11.9. The average molecular weight is 281 g/mol. The van der Waals surface area contributed by atoms with Gasteiger partial charge in [-0.1, -0.05) is 32.0 Å². The summed E-state index contributed by atoms with van der Waals surface area (Å²) in [6, 6.07) is 0. The first kappa shape index (κ1) is 14.0. The van der Waals surface area contributed by atoms with Crippen molar-refractivity contribution < 1.29 is 9.21 Å². The minimum absolute atomic E-state index is 0.103. The molecule has 6 heteroatoms. The van der Waals surface area contributed by atoms with Gasteiger partial charge in [0.2, 0.25) is 11.8 Å². The van der Waals surface area contributed by atoms with Crippen molar-refractivity contribution in [3.05, 3.63) is 17.8 Å². The van der Waals surface area contributed by atoms with Gasteiger partial charge in [-0.2, -0.15) is 0 Å². The van der Waals surface area contributed by atoms with Crippen molar-refractivity contribution in [3.8, 4) is 0 Å². The summed E-state index contributed by atoms with van der Waals surface area (Å²) in [5.74, 6) is 1.23. The Balaban J connectivity index is 1.98. The Morgan fingerprint density at radius 1 is 1.58 bits per heavy atom. The summed E-state index contributed by atoms with van der Waals surface area (Å²) >= 11 is 5.08. The summed E-state index contributed by atoms with van der Waals surface area (Å²) in [6.45, 7) is 2.27. The fraction of sp³-hybridized carbons (Fsp3) is 0.615. The van der Waals surface area contributed by atoms with Crippen LogP contribution in [0.25, 0.3) is 0 Å². The van der Waals surface area contributed by atoms with E-state index >= 15 is 0 Å². The van der Waals surface area contributed by atoms with Crippen LogP contribution in [0.5, 0.6) is 0 Å². The maximum absolute atomic E-state index is 12.3. The molecule has 0 aliphatic heterocycles. The highest BCUT2D eigenvalue weighted by atomic mass is 32.1. The molecule has 0 radical (unpaired) electrons. The molecule has 1 aromatic rings. The summed E-state index contributed by atoms with van der Waals surface area (Å²) in [4.78, 5) is 16.7. The van der Waals surface area contributed by atoms with Crippen molar-refractivity contribution in [1.82, 2.24) is 10.3 Å². The Morgan fingerprint density at radius 3 is 2.79 bits per heavy atom. The molecule has 19 heavy (non-hydrogen) atoms. The first-order valence-electron chi connectivity index (χ1n) is 6.60. The number of amides is 1. The molecule has 0 aromatic carbocycles. The number of nitrogens with two attached hydrogens (primary N) is 1. The number of aromatic nitrogens is 1. The van der Waals surface area contributed by atoms with Crippen LogP contribution in [-0.2, 0) is 17.8 Å². The fourth-order valence-electron chi connectivity index (χ4n) is 2.48. The molecule has 1 saturated carbocycles. The van der Waals surface area contributed by atoms with Crippen LogP contribution in [0.3, 0.4) is 0 Å².